The van der Waals surface area contributed by atoms with Crippen LogP contribution in [-0.4, -0.2) is 49.5 Å². The second-order valence-electron chi connectivity index (χ2n) is 11.8. The van der Waals surface area contributed by atoms with Crippen LogP contribution >= 0.6 is 0 Å². The van der Waals surface area contributed by atoms with E-state index < -0.39 is 0 Å². The van der Waals surface area contributed by atoms with E-state index in [1.54, 1.807) is 4.68 Å². The van der Waals surface area contributed by atoms with Gasteiger partial charge in [0.1, 0.15) is 0 Å². The van der Waals surface area contributed by atoms with Crippen molar-refractivity contribution in [2.75, 3.05) is 36.4 Å². The van der Waals surface area contributed by atoms with E-state index in [0.29, 0.717) is 11.8 Å². The second kappa shape index (κ2) is 12.1. The minimum absolute atomic E-state index is 0.253. The Bertz CT molecular complexity index is 1570. The molecule has 0 bridgehead atoms. The maximum Gasteiger partial charge on any atom is 0.248 e. The normalized spacial score (nSPS) is 16.3. The molecule has 0 fully saturated rings. The molecule has 0 spiro atoms. The summed E-state index contributed by atoms with van der Waals surface area (Å²) >= 11 is 0. The molecular weight excluding hydrogens is 522 g/mol. The Morgan fingerprint density at radius 2 is 1.74 bits per heavy atom. The van der Waals surface area contributed by atoms with Gasteiger partial charge in [-0.05, 0) is 118 Å². The molecule has 1 atom stereocenters. The van der Waals surface area contributed by atoms with Crippen molar-refractivity contribution in [3.63, 3.8) is 0 Å². The van der Waals surface area contributed by atoms with Crippen LogP contribution in [-0.2, 0) is 25.7 Å². The molecule has 9 nitrogen and oxygen atoms in total. The quantitative estimate of drug-likeness (QED) is 0.185. The van der Waals surface area contributed by atoms with Gasteiger partial charge in [0.25, 0.3) is 0 Å². The lowest BCUT2D eigenvalue weighted by molar-refractivity contribution is 0.267. The topological polar surface area (TPSA) is 124 Å². The molecule has 0 saturated carbocycles. The summed E-state index contributed by atoms with van der Waals surface area (Å²) in [6.07, 6.45) is 8.72. The summed E-state index contributed by atoms with van der Waals surface area (Å²) in [4.78, 5) is 7.04. The highest BCUT2D eigenvalue weighted by Gasteiger charge is 2.23. The molecule has 0 radical (unpaired) electrons. The third kappa shape index (κ3) is 5.57. The molecular formula is C33H43N9. The monoisotopic (exact) mass is 565 g/mol. The highest BCUT2D eigenvalue weighted by Crippen LogP contribution is 2.37. The van der Waals surface area contributed by atoms with Crippen molar-refractivity contribution in [1.29, 1.82) is 0 Å². The maximum atomic E-state index is 6.83. The number of hydrogen-bond donors (Lipinski definition) is 3. The van der Waals surface area contributed by atoms with Crippen molar-refractivity contribution in [1.82, 2.24) is 29.9 Å². The molecule has 0 amide bonds. The summed E-state index contributed by atoms with van der Waals surface area (Å²) in [7, 11) is 0. The van der Waals surface area contributed by atoms with E-state index >= 15 is 0 Å². The predicted molar refractivity (Wildman–Crippen MR) is 170 cm³/mol. The third-order valence-electron chi connectivity index (χ3n) is 9.25. The number of nitrogen functional groups attached to an aromatic ring is 2. The molecule has 1 unspecified atom stereocenters. The number of fused-ring (bicyclic) bond motifs is 4. The van der Waals surface area contributed by atoms with E-state index in [9.17, 15) is 0 Å². The smallest absolute Gasteiger partial charge is 0.248 e. The van der Waals surface area contributed by atoms with Gasteiger partial charge in [0, 0.05) is 5.56 Å². The van der Waals surface area contributed by atoms with Crippen LogP contribution in [0.5, 0.6) is 0 Å². The van der Waals surface area contributed by atoms with E-state index in [1.165, 1.54) is 42.5 Å². The number of anilines is 4. The summed E-state index contributed by atoms with van der Waals surface area (Å²) in [6, 6.07) is 12.8. The average Bonchev–Trinajstić information content (AvgIpc) is 3.14. The molecule has 42 heavy (non-hydrogen) atoms. The third-order valence-corrected chi connectivity index (χ3v) is 9.25. The Morgan fingerprint density at radius 3 is 2.57 bits per heavy atom. The first-order valence-corrected chi connectivity index (χ1v) is 15.5. The Hall–Kier alpha value is -3.98. The van der Waals surface area contributed by atoms with Crippen LogP contribution in [0.25, 0.3) is 17.1 Å². The molecule has 0 saturated heterocycles. The number of aromatic nitrogens is 5. The van der Waals surface area contributed by atoms with Gasteiger partial charge in [-0.1, -0.05) is 44.2 Å². The Kier molecular flexibility index (Phi) is 8.11. The van der Waals surface area contributed by atoms with Crippen LogP contribution < -0.4 is 16.8 Å². The van der Waals surface area contributed by atoms with Crippen LogP contribution in [0.15, 0.2) is 36.4 Å². The van der Waals surface area contributed by atoms with E-state index in [0.717, 1.165) is 84.9 Å². The first-order valence-electron chi connectivity index (χ1n) is 15.5. The van der Waals surface area contributed by atoms with Gasteiger partial charge in [-0.2, -0.15) is 9.67 Å². The standard InChI is InChI=1S/C33H43N9/c1-4-41(5-2)18-17-22-13-15-24-19-21(3)30(29(34)26(24)16-14-22)36-33-37-32(35)42(40-33)28-20-25-11-8-10-23-9-6-7-12-27(23)31(25)39-38-28/h6-7,9,12,19-20,22H,4-5,8,10-11,13-18,34H2,1-3H3,(H3,35,36,37,40). The lowest BCUT2D eigenvalue weighted by Gasteiger charge is -2.21. The molecule has 2 aliphatic rings. The summed E-state index contributed by atoms with van der Waals surface area (Å²) < 4.78 is 1.56. The summed E-state index contributed by atoms with van der Waals surface area (Å²) in [5, 5.41) is 17.2. The molecule has 2 aromatic carbocycles. The van der Waals surface area contributed by atoms with Gasteiger partial charge in [0.2, 0.25) is 11.9 Å². The molecule has 220 valence electrons. The number of benzene rings is 2. The van der Waals surface area contributed by atoms with E-state index in [4.69, 9.17) is 11.5 Å². The summed E-state index contributed by atoms with van der Waals surface area (Å²) in [6.45, 7) is 10.00. The van der Waals surface area contributed by atoms with Gasteiger partial charge >= 0.3 is 0 Å². The maximum absolute atomic E-state index is 6.83. The zero-order chi connectivity index (χ0) is 29.2. The molecule has 2 aromatic heterocycles. The predicted octanol–water partition coefficient (Wildman–Crippen LogP) is 5.66. The number of rotatable bonds is 8. The fourth-order valence-electron chi connectivity index (χ4n) is 6.72. The van der Waals surface area contributed by atoms with Crippen LogP contribution in [0.4, 0.5) is 23.3 Å². The molecule has 0 aliphatic heterocycles. The van der Waals surface area contributed by atoms with Crippen molar-refractivity contribution in [3.8, 4) is 17.1 Å². The molecule has 2 heterocycles. The van der Waals surface area contributed by atoms with E-state index in [1.807, 2.05) is 6.07 Å². The number of nitrogens with one attached hydrogen (secondary N) is 1. The van der Waals surface area contributed by atoms with Crippen molar-refractivity contribution >= 4 is 23.3 Å². The van der Waals surface area contributed by atoms with Gasteiger partial charge in [-0.3, -0.25) is 0 Å². The van der Waals surface area contributed by atoms with Crippen LogP contribution in [0.1, 0.15) is 67.3 Å². The first kappa shape index (κ1) is 28.2. The SMILES string of the molecule is CCN(CC)CCC1CCc2cc(C)c(Nc3nc(N)n(-c4cc5c(nn4)-c4ccccc4CCC5)n3)c(N)c2CC1. The fourth-order valence-corrected chi connectivity index (χ4v) is 6.72. The highest BCUT2D eigenvalue weighted by atomic mass is 15.4. The first-order chi connectivity index (χ1) is 20.4. The zero-order valence-electron chi connectivity index (χ0n) is 25.2. The van der Waals surface area contributed by atoms with Crippen LogP contribution in [0.3, 0.4) is 0 Å². The number of aryl methyl sites for hydroxylation is 4. The van der Waals surface area contributed by atoms with Gasteiger partial charge in [-0.15, -0.1) is 15.3 Å². The van der Waals surface area contributed by atoms with Crippen molar-refractivity contribution in [2.24, 2.45) is 5.92 Å². The molecule has 5 N–H and O–H groups in total. The zero-order valence-corrected chi connectivity index (χ0v) is 25.2. The molecule has 2 aliphatic carbocycles. The highest BCUT2D eigenvalue weighted by molar-refractivity contribution is 5.78. The van der Waals surface area contributed by atoms with Crippen LogP contribution in [0.2, 0.25) is 0 Å². The second-order valence-corrected chi connectivity index (χ2v) is 11.8. The summed E-state index contributed by atoms with van der Waals surface area (Å²) in [5.74, 6) is 1.94. The number of nitrogens with zero attached hydrogens (tertiary/aromatic N) is 6. The number of nitrogens with two attached hydrogens (primary N) is 2. The molecule has 4 aromatic rings. The molecule has 9 heteroatoms. The Labute approximate surface area is 248 Å². The molecule has 6 rings (SSSR count). The minimum atomic E-state index is 0.253. The Morgan fingerprint density at radius 1 is 0.952 bits per heavy atom. The largest absolute Gasteiger partial charge is 0.397 e. The van der Waals surface area contributed by atoms with Gasteiger partial charge in [-0.25, -0.2) is 0 Å². The van der Waals surface area contributed by atoms with Gasteiger partial charge in [0.15, 0.2) is 5.82 Å². The summed E-state index contributed by atoms with van der Waals surface area (Å²) in [5.41, 5.74) is 23.1. The lowest BCUT2D eigenvalue weighted by Crippen LogP contribution is -2.25. The van der Waals surface area contributed by atoms with E-state index in [-0.39, 0.29) is 5.95 Å². The van der Waals surface area contributed by atoms with Crippen LogP contribution in [0, 0.1) is 12.8 Å². The van der Waals surface area contributed by atoms with E-state index in [2.05, 4.69) is 81.6 Å². The average molecular weight is 566 g/mol. The van der Waals surface area contributed by atoms with Gasteiger partial charge < -0.3 is 21.7 Å². The van der Waals surface area contributed by atoms with Crippen molar-refractivity contribution in [2.45, 2.75) is 72.1 Å². The fraction of sp³-hybridized carbons (Fsp3) is 0.455. The lowest BCUT2D eigenvalue weighted by atomic mass is 9.95. The Balaban J connectivity index is 1.22. The van der Waals surface area contributed by atoms with Gasteiger partial charge in [0.05, 0.1) is 17.1 Å². The van der Waals surface area contributed by atoms with Crippen molar-refractivity contribution in [3.05, 3.63) is 64.2 Å². The van der Waals surface area contributed by atoms with Crippen molar-refractivity contribution < 1.29 is 0 Å². The number of hydrogen-bond acceptors (Lipinski definition) is 8. The minimum Gasteiger partial charge on any atom is -0.397 e.